The summed E-state index contributed by atoms with van der Waals surface area (Å²) in [6.45, 7) is 2.25. The topological polar surface area (TPSA) is 89.3 Å². The monoisotopic (exact) mass is 282 g/mol. The van der Waals surface area contributed by atoms with Gasteiger partial charge in [-0.25, -0.2) is 8.42 Å². The molecule has 1 amide bonds. The molecule has 0 aromatic heterocycles. The van der Waals surface area contributed by atoms with Crippen molar-refractivity contribution in [2.24, 2.45) is 5.92 Å². The predicted octanol–water partition coefficient (Wildman–Crippen LogP) is 0.877. The van der Waals surface area contributed by atoms with E-state index < -0.39 is 21.5 Å². The lowest BCUT2D eigenvalue weighted by Crippen LogP contribution is -2.32. The summed E-state index contributed by atoms with van der Waals surface area (Å²) in [6, 6.07) is 4.57. The summed E-state index contributed by atoms with van der Waals surface area (Å²) in [5.74, 6) is -0.419. The molecule has 0 spiro atoms. The van der Waals surface area contributed by atoms with E-state index in [0.717, 1.165) is 12.8 Å². The van der Waals surface area contributed by atoms with Crippen LogP contribution >= 0.6 is 0 Å². The number of hydrogen-bond acceptors (Lipinski definition) is 4. The number of carbonyl (C=O) groups is 1. The fourth-order valence-corrected chi connectivity index (χ4v) is 3.33. The third-order valence-corrected chi connectivity index (χ3v) is 4.91. The quantitative estimate of drug-likeness (QED) is 0.784. The van der Waals surface area contributed by atoms with Gasteiger partial charge < -0.3 is 11.1 Å². The van der Waals surface area contributed by atoms with Gasteiger partial charge in [-0.1, -0.05) is 0 Å². The van der Waals surface area contributed by atoms with Gasteiger partial charge in [-0.2, -0.15) is 0 Å². The second kappa shape index (κ2) is 5.21. The van der Waals surface area contributed by atoms with E-state index in [-0.39, 0.29) is 4.90 Å². The number of amides is 1. The second-order valence-corrected chi connectivity index (χ2v) is 6.99. The van der Waals surface area contributed by atoms with Crippen molar-refractivity contribution >= 4 is 21.4 Å². The van der Waals surface area contributed by atoms with E-state index in [9.17, 15) is 13.2 Å². The predicted molar refractivity (Wildman–Crippen MR) is 73.4 cm³/mol. The third-order valence-electron chi connectivity index (χ3n) is 3.14. The molecule has 6 heteroatoms. The minimum atomic E-state index is -3.60. The molecule has 1 fully saturated rings. The van der Waals surface area contributed by atoms with Crippen LogP contribution in [0.2, 0.25) is 0 Å². The van der Waals surface area contributed by atoms with E-state index >= 15 is 0 Å². The molecule has 1 aromatic rings. The highest BCUT2D eigenvalue weighted by Crippen LogP contribution is 2.27. The first-order valence-electron chi connectivity index (χ1n) is 6.24. The third kappa shape index (κ3) is 3.70. The molecule has 0 atom stereocenters. The lowest BCUT2D eigenvalue weighted by molar-refractivity contribution is -0.118. The van der Waals surface area contributed by atoms with E-state index in [1.165, 1.54) is 12.1 Å². The maximum atomic E-state index is 12.1. The van der Waals surface area contributed by atoms with Crippen molar-refractivity contribution in [3.05, 3.63) is 23.8 Å². The van der Waals surface area contributed by atoms with Crippen molar-refractivity contribution < 1.29 is 13.2 Å². The van der Waals surface area contributed by atoms with Gasteiger partial charge in [0.15, 0.2) is 9.84 Å². The maximum absolute atomic E-state index is 12.1. The van der Waals surface area contributed by atoms with Crippen LogP contribution < -0.4 is 11.1 Å². The fourth-order valence-electron chi connectivity index (χ4n) is 1.90. The molecule has 0 heterocycles. The molecule has 0 aliphatic heterocycles. The highest BCUT2D eigenvalue weighted by Gasteiger charge is 2.24. The second-order valence-electron chi connectivity index (χ2n) is 5.03. The van der Waals surface area contributed by atoms with E-state index in [4.69, 9.17) is 5.73 Å². The molecular weight excluding hydrogens is 264 g/mol. The molecule has 0 bridgehead atoms. The van der Waals surface area contributed by atoms with Gasteiger partial charge in [0.25, 0.3) is 0 Å². The average Bonchev–Trinajstić information content (AvgIpc) is 3.08. The van der Waals surface area contributed by atoms with Crippen LogP contribution in [0.5, 0.6) is 0 Å². The van der Waals surface area contributed by atoms with Crippen molar-refractivity contribution in [3.63, 3.8) is 0 Å². The number of sulfone groups is 1. The van der Waals surface area contributed by atoms with Gasteiger partial charge >= 0.3 is 0 Å². The summed E-state index contributed by atoms with van der Waals surface area (Å²) in [7, 11) is -3.60. The lowest BCUT2D eigenvalue weighted by atomic mass is 10.2. The van der Waals surface area contributed by atoms with Crippen molar-refractivity contribution in [3.8, 4) is 0 Å². The van der Waals surface area contributed by atoms with Crippen LogP contribution in [0.1, 0.15) is 18.4 Å². The Balaban J connectivity index is 2.05. The van der Waals surface area contributed by atoms with Crippen LogP contribution in [-0.2, 0) is 14.6 Å². The van der Waals surface area contributed by atoms with Crippen LogP contribution in [-0.4, -0.2) is 26.6 Å². The van der Waals surface area contributed by atoms with Gasteiger partial charge in [0.2, 0.25) is 5.91 Å². The zero-order valence-electron chi connectivity index (χ0n) is 10.8. The van der Waals surface area contributed by atoms with Crippen molar-refractivity contribution in [2.75, 3.05) is 18.0 Å². The van der Waals surface area contributed by atoms with Gasteiger partial charge in [0, 0.05) is 12.2 Å². The Labute approximate surface area is 113 Å². The molecule has 19 heavy (non-hydrogen) atoms. The molecule has 3 N–H and O–H groups in total. The number of nitrogens with two attached hydrogens (primary N) is 1. The number of rotatable bonds is 5. The summed E-state index contributed by atoms with van der Waals surface area (Å²) in [6.07, 6.45) is 2.23. The van der Waals surface area contributed by atoms with Gasteiger partial charge in [0.05, 0.1) is 4.90 Å². The Kier molecular flexibility index (Phi) is 3.80. The molecule has 1 aliphatic carbocycles. The minimum absolute atomic E-state index is 0.170. The van der Waals surface area contributed by atoms with E-state index in [2.05, 4.69) is 5.32 Å². The van der Waals surface area contributed by atoms with Gasteiger partial charge in [-0.15, -0.1) is 0 Å². The molecule has 1 aliphatic rings. The summed E-state index contributed by atoms with van der Waals surface area (Å²) in [5.41, 5.74) is 6.66. The average molecular weight is 282 g/mol. The van der Waals surface area contributed by atoms with Crippen LogP contribution in [0, 0.1) is 12.8 Å². The molecule has 5 nitrogen and oxygen atoms in total. The summed E-state index contributed by atoms with van der Waals surface area (Å²) in [5, 5.41) is 2.66. The highest BCUT2D eigenvalue weighted by molar-refractivity contribution is 7.92. The number of carbonyl (C=O) groups excluding carboxylic acids is 1. The zero-order chi connectivity index (χ0) is 14.0. The van der Waals surface area contributed by atoms with E-state index in [0.29, 0.717) is 23.7 Å². The van der Waals surface area contributed by atoms with Gasteiger partial charge in [0.1, 0.15) is 5.75 Å². The molecular formula is C13H18N2O3S. The molecule has 104 valence electrons. The largest absolute Gasteiger partial charge is 0.399 e. The SMILES string of the molecule is Cc1cc(N)ccc1S(=O)(=O)CC(=O)NCC1CC1. The maximum Gasteiger partial charge on any atom is 0.235 e. The Morgan fingerprint density at radius 2 is 2.11 bits per heavy atom. The Morgan fingerprint density at radius 1 is 1.42 bits per heavy atom. The first kappa shape index (κ1) is 13.9. The highest BCUT2D eigenvalue weighted by atomic mass is 32.2. The molecule has 0 radical (unpaired) electrons. The summed E-state index contributed by atoms with van der Waals surface area (Å²) in [4.78, 5) is 11.8. The van der Waals surface area contributed by atoms with E-state index in [1.807, 2.05) is 0 Å². The Bertz CT molecular complexity index is 592. The number of aryl methyl sites for hydroxylation is 1. The van der Waals surface area contributed by atoms with Crippen molar-refractivity contribution in [1.82, 2.24) is 5.32 Å². The lowest BCUT2D eigenvalue weighted by Gasteiger charge is -2.09. The van der Waals surface area contributed by atoms with Crippen LogP contribution in [0.25, 0.3) is 0 Å². The summed E-state index contributed by atoms with van der Waals surface area (Å²) >= 11 is 0. The first-order chi connectivity index (χ1) is 8.88. The fraction of sp³-hybridized carbons (Fsp3) is 0.462. The molecule has 0 saturated heterocycles. The number of benzene rings is 1. The number of anilines is 1. The smallest absolute Gasteiger partial charge is 0.235 e. The van der Waals surface area contributed by atoms with Gasteiger partial charge in [-0.3, -0.25) is 4.79 Å². The summed E-state index contributed by atoms with van der Waals surface area (Å²) < 4.78 is 24.3. The Hall–Kier alpha value is -1.56. The first-order valence-corrected chi connectivity index (χ1v) is 7.89. The zero-order valence-corrected chi connectivity index (χ0v) is 11.7. The normalized spacial score (nSPS) is 15.2. The minimum Gasteiger partial charge on any atom is -0.399 e. The van der Waals surface area contributed by atoms with Crippen molar-refractivity contribution in [2.45, 2.75) is 24.7 Å². The molecule has 1 aromatic carbocycles. The van der Waals surface area contributed by atoms with Crippen molar-refractivity contribution in [1.29, 1.82) is 0 Å². The number of nitrogen functional groups attached to an aromatic ring is 1. The Morgan fingerprint density at radius 3 is 2.68 bits per heavy atom. The van der Waals surface area contributed by atoms with E-state index in [1.54, 1.807) is 13.0 Å². The number of nitrogens with one attached hydrogen (secondary N) is 1. The number of hydrogen-bond donors (Lipinski definition) is 2. The molecule has 0 unspecified atom stereocenters. The molecule has 1 saturated carbocycles. The van der Waals surface area contributed by atoms with Gasteiger partial charge in [-0.05, 0) is 49.4 Å². The van der Waals surface area contributed by atoms with Crippen LogP contribution in [0.4, 0.5) is 5.69 Å². The molecule has 2 rings (SSSR count). The van der Waals surface area contributed by atoms with Crippen LogP contribution in [0.15, 0.2) is 23.1 Å². The standard InChI is InChI=1S/C13H18N2O3S/c1-9-6-11(14)4-5-12(9)19(17,18)8-13(16)15-7-10-2-3-10/h4-6,10H,2-3,7-8,14H2,1H3,(H,15,16). The van der Waals surface area contributed by atoms with Crippen LogP contribution in [0.3, 0.4) is 0 Å².